The first-order valence-corrected chi connectivity index (χ1v) is 8.64. The van der Waals surface area contributed by atoms with Crippen molar-refractivity contribution in [3.05, 3.63) is 41.3 Å². The fourth-order valence-electron chi connectivity index (χ4n) is 3.01. The molecule has 0 saturated heterocycles. The molecule has 0 saturated carbocycles. The zero-order valence-corrected chi connectivity index (χ0v) is 15.7. The monoisotopic (exact) mass is 386 g/mol. The molecule has 0 bridgehead atoms. The highest BCUT2D eigenvalue weighted by molar-refractivity contribution is 6.62. The van der Waals surface area contributed by atoms with Crippen LogP contribution in [0.15, 0.2) is 24.5 Å². The molecule has 0 aliphatic carbocycles. The van der Waals surface area contributed by atoms with Gasteiger partial charge >= 0.3 is 19.1 Å². The van der Waals surface area contributed by atoms with Crippen LogP contribution in [0.2, 0.25) is 0 Å². The molecule has 0 spiro atoms. The molecule has 1 unspecified atom stereocenters. The average molecular weight is 386 g/mol. The number of ether oxygens (including phenoxy) is 3. The maximum Gasteiger partial charge on any atom is 0.492 e. The Balaban J connectivity index is 1.80. The molecule has 1 aromatic carbocycles. The highest BCUT2D eigenvalue weighted by Gasteiger charge is 2.38. The molecule has 0 fully saturated rings. The molecule has 28 heavy (non-hydrogen) atoms. The fraction of sp³-hybridized carbons (Fsp3) is 0.333. The first-order chi connectivity index (χ1) is 13.4. The third kappa shape index (κ3) is 4.13. The summed E-state index contributed by atoms with van der Waals surface area (Å²) in [5, 5.41) is 10.2. The number of aromatic nitrogens is 2. The van der Waals surface area contributed by atoms with Crippen LogP contribution in [0.1, 0.15) is 41.1 Å². The summed E-state index contributed by atoms with van der Waals surface area (Å²) in [7, 11) is 0.0779. The number of carbonyl (C=O) groups excluding carboxylic acids is 2. The van der Waals surface area contributed by atoms with Gasteiger partial charge in [0.2, 0.25) is 5.88 Å². The van der Waals surface area contributed by atoms with Crippen LogP contribution in [-0.4, -0.2) is 47.8 Å². The third-order valence-corrected chi connectivity index (χ3v) is 4.18. The van der Waals surface area contributed by atoms with Gasteiger partial charge in [-0.2, -0.15) is 0 Å². The Morgan fingerprint density at radius 3 is 2.71 bits per heavy atom. The van der Waals surface area contributed by atoms with E-state index in [1.165, 1.54) is 19.5 Å². The first kappa shape index (κ1) is 19.8. The van der Waals surface area contributed by atoms with Crippen molar-refractivity contribution in [1.29, 1.82) is 0 Å². The lowest BCUT2D eigenvalue weighted by atomic mass is 9.77. The summed E-state index contributed by atoms with van der Waals surface area (Å²) in [5.74, 6) is -0.409. The van der Waals surface area contributed by atoms with Gasteiger partial charge in [-0.15, -0.1) is 0 Å². The minimum absolute atomic E-state index is 0.0133. The molecule has 0 radical (unpaired) electrons. The number of nitrogens with zero attached hydrogens (tertiary/aromatic N) is 2. The first-order valence-electron chi connectivity index (χ1n) is 8.64. The minimum atomic E-state index is -1.18. The average Bonchev–Trinajstić information content (AvgIpc) is 2.97. The molecular weight excluding hydrogens is 367 g/mol. The van der Waals surface area contributed by atoms with Crippen LogP contribution in [-0.2, 0) is 18.9 Å². The SMILES string of the molecule is CCOC(=O)CC1OB(O)c2cc(Oc3cnc(C(=O)OC)cn3)cc(C)c21. The zero-order chi connectivity index (χ0) is 20.3. The number of benzene rings is 1. The van der Waals surface area contributed by atoms with E-state index in [-0.39, 0.29) is 24.6 Å². The van der Waals surface area contributed by atoms with E-state index in [1.54, 1.807) is 19.1 Å². The second kappa shape index (κ2) is 8.36. The van der Waals surface area contributed by atoms with E-state index in [9.17, 15) is 14.6 Å². The Labute approximate surface area is 161 Å². The van der Waals surface area contributed by atoms with Crippen molar-refractivity contribution in [1.82, 2.24) is 9.97 Å². The van der Waals surface area contributed by atoms with Crippen LogP contribution in [0.5, 0.6) is 11.6 Å². The van der Waals surface area contributed by atoms with E-state index in [0.29, 0.717) is 11.2 Å². The van der Waals surface area contributed by atoms with Crippen molar-refractivity contribution >= 4 is 24.5 Å². The second-order valence-electron chi connectivity index (χ2n) is 6.06. The highest BCUT2D eigenvalue weighted by atomic mass is 16.5. The standard InChI is InChI=1S/C18H19BN2O7/c1-4-26-16(22)7-14-17-10(2)5-11(6-12(17)19(24)28-14)27-15-9-20-13(8-21-15)18(23)25-3/h5-6,8-9,14,24H,4,7H2,1-3H3. The van der Waals surface area contributed by atoms with Crippen LogP contribution < -0.4 is 10.2 Å². The Hall–Kier alpha value is -2.98. The molecule has 146 valence electrons. The lowest BCUT2D eigenvalue weighted by molar-refractivity contribution is -0.145. The van der Waals surface area contributed by atoms with Gasteiger partial charge in [0.25, 0.3) is 0 Å². The van der Waals surface area contributed by atoms with Gasteiger partial charge in [0.1, 0.15) is 5.75 Å². The van der Waals surface area contributed by atoms with Crippen LogP contribution in [0, 0.1) is 6.92 Å². The van der Waals surface area contributed by atoms with Crippen LogP contribution in [0.25, 0.3) is 0 Å². The van der Waals surface area contributed by atoms with Crippen LogP contribution in [0.4, 0.5) is 0 Å². The molecular formula is C18H19BN2O7. The van der Waals surface area contributed by atoms with Gasteiger partial charge in [-0.25, -0.2) is 14.8 Å². The lowest BCUT2D eigenvalue weighted by Crippen LogP contribution is -2.28. The van der Waals surface area contributed by atoms with Gasteiger partial charge in [-0.3, -0.25) is 4.79 Å². The predicted octanol–water partition coefficient (Wildman–Crippen LogP) is 1.08. The van der Waals surface area contributed by atoms with E-state index < -0.39 is 25.2 Å². The number of fused-ring (bicyclic) bond motifs is 1. The summed E-state index contributed by atoms with van der Waals surface area (Å²) in [4.78, 5) is 31.1. The van der Waals surface area contributed by atoms with Crippen LogP contribution >= 0.6 is 0 Å². The van der Waals surface area contributed by atoms with Crippen molar-refractivity contribution < 1.29 is 33.5 Å². The van der Waals surface area contributed by atoms with Crippen LogP contribution in [0.3, 0.4) is 0 Å². The Morgan fingerprint density at radius 2 is 2.07 bits per heavy atom. The molecule has 1 aliphatic heterocycles. The summed E-state index contributed by atoms with van der Waals surface area (Å²) >= 11 is 0. The van der Waals surface area contributed by atoms with Gasteiger partial charge in [-0.05, 0) is 42.6 Å². The Morgan fingerprint density at radius 1 is 1.29 bits per heavy atom. The lowest BCUT2D eigenvalue weighted by Gasteiger charge is -2.14. The molecule has 9 nitrogen and oxygen atoms in total. The number of carbonyl (C=O) groups is 2. The predicted molar refractivity (Wildman–Crippen MR) is 97.3 cm³/mol. The number of hydrogen-bond donors (Lipinski definition) is 1. The van der Waals surface area contributed by atoms with E-state index in [1.807, 2.05) is 6.92 Å². The Kier molecular flexibility index (Phi) is 5.91. The summed E-state index contributed by atoms with van der Waals surface area (Å²) in [6.07, 6.45) is 1.97. The molecule has 3 rings (SSSR count). The maximum atomic E-state index is 11.8. The number of rotatable bonds is 6. The summed E-state index contributed by atoms with van der Waals surface area (Å²) in [6.45, 7) is 3.84. The van der Waals surface area contributed by atoms with Gasteiger partial charge in [0.15, 0.2) is 5.69 Å². The van der Waals surface area contributed by atoms with Gasteiger partial charge < -0.3 is 23.9 Å². The van der Waals surface area contributed by atoms with E-state index in [2.05, 4.69) is 14.7 Å². The van der Waals surface area contributed by atoms with Gasteiger partial charge in [0.05, 0.1) is 38.6 Å². The van der Waals surface area contributed by atoms with E-state index >= 15 is 0 Å². The smallest absolute Gasteiger partial charge is 0.466 e. The minimum Gasteiger partial charge on any atom is -0.466 e. The quantitative estimate of drug-likeness (QED) is 0.575. The van der Waals surface area contributed by atoms with Crippen molar-refractivity contribution in [2.75, 3.05) is 13.7 Å². The molecule has 1 aliphatic rings. The number of esters is 2. The van der Waals surface area contributed by atoms with Crippen molar-refractivity contribution in [2.45, 2.75) is 26.4 Å². The Bertz CT molecular complexity index is 888. The zero-order valence-electron chi connectivity index (χ0n) is 15.7. The third-order valence-electron chi connectivity index (χ3n) is 4.18. The van der Waals surface area contributed by atoms with E-state index in [0.717, 1.165) is 11.1 Å². The number of hydrogen-bond acceptors (Lipinski definition) is 9. The molecule has 10 heteroatoms. The molecule has 0 amide bonds. The molecule has 2 heterocycles. The largest absolute Gasteiger partial charge is 0.492 e. The summed E-state index contributed by atoms with van der Waals surface area (Å²) in [6, 6.07) is 3.36. The number of aryl methyl sites for hydroxylation is 1. The van der Waals surface area contributed by atoms with E-state index in [4.69, 9.17) is 14.1 Å². The molecule has 1 atom stereocenters. The van der Waals surface area contributed by atoms with Crippen molar-refractivity contribution in [2.24, 2.45) is 0 Å². The summed E-state index contributed by atoms with van der Waals surface area (Å²) < 4.78 is 20.7. The topological polar surface area (TPSA) is 117 Å². The fourth-order valence-corrected chi connectivity index (χ4v) is 3.01. The molecule has 2 aromatic rings. The highest BCUT2D eigenvalue weighted by Crippen LogP contribution is 2.33. The molecule has 1 N–H and O–H groups in total. The summed E-state index contributed by atoms with van der Waals surface area (Å²) in [5.41, 5.74) is 2.10. The molecule has 1 aromatic heterocycles. The van der Waals surface area contributed by atoms with Gasteiger partial charge in [0, 0.05) is 0 Å². The van der Waals surface area contributed by atoms with Crippen molar-refractivity contribution in [3.8, 4) is 11.6 Å². The second-order valence-corrected chi connectivity index (χ2v) is 6.06. The number of methoxy groups -OCH3 is 1. The maximum absolute atomic E-state index is 11.8. The van der Waals surface area contributed by atoms with Gasteiger partial charge in [-0.1, -0.05) is 0 Å². The normalized spacial score (nSPS) is 15.1. The van der Waals surface area contributed by atoms with Crippen molar-refractivity contribution in [3.63, 3.8) is 0 Å².